The van der Waals surface area contributed by atoms with Gasteiger partial charge < -0.3 is 53.3 Å². The number of azo groups is 6. The third-order valence-corrected chi connectivity index (χ3v) is 24.4. The van der Waals surface area contributed by atoms with Crippen LogP contribution in [-0.2, 0) is 74.1 Å². The van der Waals surface area contributed by atoms with Crippen LogP contribution < -0.4 is 52.3 Å². The molecule has 0 aliphatic carbocycles. The van der Waals surface area contributed by atoms with Gasteiger partial charge in [-0.1, -0.05) is 56.7 Å². The summed E-state index contributed by atoms with van der Waals surface area (Å²) in [5, 5.41) is 73.4. The molecule has 0 amide bonds. The minimum Gasteiger partial charge on any atom is -0.383 e. The standard InChI is InChI=1S/C32H44N8O2S2.C30H40N8O2S2.C29H36N7O2S2.6CH4/c1-5-37(29-13-9-27(10-14-29)33-35-31-39(7-3)19-25-43-31)17-21-41-23-24-42-22-18-38(6-2)30-15-11-28(12-16-30)34-36-32-40(8-4)20-26-44-32;1-5-37-17-23-41-29(37)33-31-25-7-11-27(12-8-25)35(3)15-19-39-21-22-40-20-16-36(4)28-13-9-26(10-14-28)32-34-30-38(6-2)18-24-42-30;1-3-35-16-22-39-28(35)33-31-26-9-7-24(8-10-26)6-5-18-37-20-21-38-19-15-30-25-11-13-27(14-12-25)32-34-29-36(4-2)17-23-40-29;;;;;;/h9-16,19-20,25-26H,5-8,17-18,21-24H2,1-4H3;7-14,17-18,23-24H,5-6,15-16,19-22H2,1-4H3;7-14,16-17,22-23H,3-6,15,18-21H2,1-2H3;6*1H4/q2*+2;+1;;;;;;/p+1. The quantitative estimate of drug-likeness (QED) is 0.0213. The number of likely N-dealkylation sites (N-methyl/N-ethyl adjacent to an activating group) is 4. The van der Waals surface area contributed by atoms with Gasteiger partial charge in [0.25, 0.3) is 0 Å². The number of ether oxygens (including phenoxy) is 6. The van der Waals surface area contributed by atoms with E-state index in [9.17, 15) is 0 Å². The molecule has 132 heavy (non-hydrogen) atoms. The van der Waals surface area contributed by atoms with Crippen LogP contribution >= 0.6 is 68.0 Å². The van der Waals surface area contributed by atoms with Crippen LogP contribution in [0, 0.1) is 0 Å². The molecule has 714 valence electrons. The molecule has 0 saturated heterocycles. The number of thiazole rings is 6. The van der Waals surface area contributed by atoms with E-state index in [1.165, 1.54) is 5.56 Å². The minimum atomic E-state index is 0. The van der Waals surface area contributed by atoms with Crippen LogP contribution in [0.3, 0.4) is 0 Å². The van der Waals surface area contributed by atoms with Gasteiger partial charge in [0.2, 0.25) is 0 Å². The predicted molar refractivity (Wildman–Crippen MR) is 549 cm³/mol. The molecule has 0 bridgehead atoms. The van der Waals surface area contributed by atoms with Crippen molar-refractivity contribution < 1.29 is 55.8 Å². The number of nitrogens with zero attached hydrogens (tertiary/aromatic N) is 22. The van der Waals surface area contributed by atoms with Crippen LogP contribution in [0.25, 0.3) is 0 Å². The normalized spacial score (nSPS) is 11.1. The highest BCUT2D eigenvalue weighted by molar-refractivity contribution is 7.14. The number of aryl methyl sites for hydroxylation is 7. The Morgan fingerprint density at radius 2 is 0.500 bits per heavy atom. The van der Waals surface area contributed by atoms with Crippen LogP contribution in [0.5, 0.6) is 0 Å². The number of benzene rings is 6. The molecule has 0 unspecified atom stereocenters. The lowest BCUT2D eigenvalue weighted by Crippen LogP contribution is -2.28. The Morgan fingerprint density at radius 3 is 0.765 bits per heavy atom. The number of aromatic nitrogens is 6. The largest absolute Gasteiger partial charge is 0.408 e. The summed E-state index contributed by atoms with van der Waals surface area (Å²) in [5.41, 5.74) is 11.9. The van der Waals surface area contributed by atoms with Gasteiger partial charge in [0.1, 0.15) is 71.3 Å². The zero-order chi connectivity index (χ0) is 88.4. The van der Waals surface area contributed by atoms with Crippen molar-refractivity contribution >= 4 is 161 Å². The monoisotopic (exact) mass is 1920 g/mol. The lowest BCUT2D eigenvalue weighted by molar-refractivity contribution is -0.677. The van der Waals surface area contributed by atoms with Crippen LogP contribution in [-0.4, -0.2) is 139 Å². The van der Waals surface area contributed by atoms with E-state index < -0.39 is 0 Å². The molecule has 12 aromatic rings. The third-order valence-electron chi connectivity index (χ3n) is 19.7. The Morgan fingerprint density at radius 1 is 0.265 bits per heavy atom. The minimum absolute atomic E-state index is 0. The molecule has 6 aromatic heterocycles. The third kappa shape index (κ3) is 39.3. The highest BCUT2D eigenvalue weighted by atomic mass is 32.1. The molecular formula is C97H145N23O6S6+6. The molecule has 1 N–H and O–H groups in total. The second kappa shape index (κ2) is 65.9. The molecule has 6 heterocycles. The van der Waals surface area contributed by atoms with E-state index in [-0.39, 0.29) is 44.6 Å². The Balaban J connectivity index is 0.000000405. The summed E-state index contributed by atoms with van der Waals surface area (Å²) < 4.78 is 47.2. The first-order chi connectivity index (χ1) is 62.0. The maximum Gasteiger partial charge on any atom is 0.408 e. The summed E-state index contributed by atoms with van der Waals surface area (Å²) in [6, 6.07) is 48.7. The fourth-order valence-corrected chi connectivity index (χ4v) is 16.7. The van der Waals surface area contributed by atoms with Crippen molar-refractivity contribution in [1.82, 2.24) is 0 Å². The van der Waals surface area contributed by atoms with Crippen LogP contribution in [0.4, 0.5) is 93.4 Å². The predicted octanol–water partition coefficient (Wildman–Crippen LogP) is 25.7. The first-order valence-corrected chi connectivity index (χ1v) is 48.3. The summed E-state index contributed by atoms with van der Waals surface area (Å²) in [6.07, 6.45) is 14.1. The number of nitrogens with one attached hydrogen (secondary N) is 1. The first-order valence-electron chi connectivity index (χ1n) is 43.0. The number of rotatable bonds is 53. The average Bonchev–Trinajstić information content (AvgIpc) is 1.52. The molecule has 0 aliphatic rings. The van der Waals surface area contributed by atoms with Crippen molar-refractivity contribution in [3.63, 3.8) is 0 Å². The zero-order valence-electron chi connectivity index (χ0n) is 74.1. The maximum atomic E-state index is 5.87. The van der Waals surface area contributed by atoms with Gasteiger partial charge in [-0.3, -0.25) is 0 Å². The van der Waals surface area contributed by atoms with Gasteiger partial charge in [-0.15, -0.1) is 0 Å². The van der Waals surface area contributed by atoms with Gasteiger partial charge >= 0.3 is 30.8 Å². The van der Waals surface area contributed by atoms with Gasteiger partial charge in [0.05, 0.1) is 143 Å². The van der Waals surface area contributed by atoms with Crippen molar-refractivity contribution in [3.8, 4) is 0 Å². The van der Waals surface area contributed by atoms with E-state index >= 15 is 0 Å². The first kappa shape index (κ1) is 114. The van der Waals surface area contributed by atoms with E-state index in [1.54, 1.807) is 68.0 Å². The van der Waals surface area contributed by atoms with E-state index in [0.717, 1.165) is 191 Å². The van der Waals surface area contributed by atoms with Gasteiger partial charge in [-0.25, -0.2) is 27.4 Å². The van der Waals surface area contributed by atoms with Crippen molar-refractivity contribution in [2.24, 2.45) is 61.4 Å². The molecule has 12 rings (SSSR count). The van der Waals surface area contributed by atoms with Crippen LogP contribution in [0.1, 0.15) is 112 Å². The van der Waals surface area contributed by atoms with Crippen LogP contribution in [0.2, 0.25) is 0 Å². The molecule has 35 heteroatoms. The zero-order valence-corrected chi connectivity index (χ0v) is 79.0. The second-order valence-electron chi connectivity index (χ2n) is 28.0. The summed E-state index contributed by atoms with van der Waals surface area (Å²) >= 11 is 9.52. The molecule has 0 aliphatic heterocycles. The van der Waals surface area contributed by atoms with Crippen molar-refractivity contribution in [2.75, 3.05) is 164 Å². The van der Waals surface area contributed by atoms with E-state index in [4.69, 9.17) is 28.4 Å². The average molecular weight is 1920 g/mol. The Bertz CT molecular complexity index is 4880. The van der Waals surface area contributed by atoms with Crippen molar-refractivity contribution in [1.29, 1.82) is 0 Å². The lowest BCUT2D eigenvalue weighted by atomic mass is 10.1. The molecule has 0 fully saturated rings. The van der Waals surface area contributed by atoms with Gasteiger partial charge in [-0.05, 0) is 306 Å². The number of hydrogen-bond acceptors (Lipinski definition) is 29. The van der Waals surface area contributed by atoms with Crippen LogP contribution in [0.15, 0.2) is 276 Å². The summed E-state index contributed by atoms with van der Waals surface area (Å²) in [6.45, 7) is 35.3. The number of hydrogen-bond donors (Lipinski definition) is 1. The van der Waals surface area contributed by atoms with Crippen molar-refractivity contribution in [2.45, 2.75) is 152 Å². The molecule has 0 saturated carbocycles. The fourth-order valence-electron chi connectivity index (χ4n) is 12.3. The SMILES string of the molecule is C.C.C.C.C.C.CCN(CCOCCOCCN(CC)c1ccc(N=Nc2scc[n+]2CC)cc1)c1ccc(N=Nc2scc[n+]2CC)cc1.CC[n+]1ccsc1N=Nc1ccc(CCCOCCOCCNc2ccc(N=Nc3scc[n+]3CC)cc2)cc1.CC[n+]1ccsc1N=Nc1ccc(N(C)CCOCCOCCN(C)c2ccc(N=Nc3scc[n+]3CC)cc2)cc1. The highest BCUT2D eigenvalue weighted by Crippen LogP contribution is 2.30. The summed E-state index contributed by atoms with van der Waals surface area (Å²) in [5.74, 6) is 0. The van der Waals surface area contributed by atoms with E-state index in [1.807, 2.05) is 154 Å². The number of anilines is 5. The molecule has 0 radical (unpaired) electrons. The summed E-state index contributed by atoms with van der Waals surface area (Å²) in [7, 11) is 4.12. The molecule has 0 atom stereocenters. The van der Waals surface area contributed by atoms with Crippen molar-refractivity contribution in [3.05, 3.63) is 221 Å². The molecule has 0 spiro atoms. The lowest BCUT2D eigenvalue weighted by Gasteiger charge is -2.23. The highest BCUT2D eigenvalue weighted by Gasteiger charge is 2.18. The van der Waals surface area contributed by atoms with E-state index in [2.05, 4.69) is 244 Å². The van der Waals surface area contributed by atoms with Gasteiger partial charge in [0.15, 0.2) is 0 Å². The Labute approximate surface area is 809 Å². The topological polar surface area (TPSA) is 252 Å². The van der Waals surface area contributed by atoms with Gasteiger partial charge in [-0.2, -0.15) is 0 Å². The fraction of sp³-hybridized carbons (Fsp3) is 0.443. The molecule has 29 nitrogen and oxygen atoms in total. The summed E-state index contributed by atoms with van der Waals surface area (Å²) in [4.78, 5) is 8.91. The maximum absolute atomic E-state index is 5.87. The molecular weight excluding hydrogens is 1780 g/mol. The van der Waals surface area contributed by atoms with E-state index in [0.29, 0.717) is 79.3 Å². The molecule has 6 aromatic carbocycles. The van der Waals surface area contributed by atoms with Gasteiger partial charge in [0, 0.05) is 127 Å². The Hall–Kier alpha value is -10.5. The Kier molecular flexibility index (Phi) is 56.8. The second-order valence-corrected chi connectivity index (χ2v) is 33.3. The smallest absolute Gasteiger partial charge is 0.383 e.